The molecule has 1 amide bonds. The van der Waals surface area contributed by atoms with Crippen LogP contribution in [-0.2, 0) is 28.4 Å². The van der Waals surface area contributed by atoms with Gasteiger partial charge in [0.05, 0.1) is 18.3 Å². The second-order valence-corrected chi connectivity index (χ2v) is 27.2. The van der Waals surface area contributed by atoms with Crippen LogP contribution in [0, 0.1) is 62.1 Å². The maximum absolute atomic E-state index is 14.6. The first-order chi connectivity index (χ1) is 24.7. The molecule has 5 aliphatic rings. The third kappa shape index (κ3) is 7.13. The Balaban J connectivity index is 1.36. The van der Waals surface area contributed by atoms with Gasteiger partial charge in [0, 0.05) is 5.41 Å². The van der Waals surface area contributed by atoms with Crippen LogP contribution in [0.25, 0.3) is 0 Å². The van der Waals surface area contributed by atoms with Crippen molar-refractivity contribution in [2.75, 3.05) is 6.61 Å². The fourth-order valence-corrected chi connectivity index (χ4v) is 14.1. The normalized spacial score (nSPS) is 38.8. The lowest BCUT2D eigenvalue weighted by molar-refractivity contribution is -0.249. The molecular formula is C46H77NO6Si. The van der Waals surface area contributed by atoms with Gasteiger partial charge in [0.2, 0.25) is 14.2 Å². The minimum Gasteiger partial charge on any atom is -0.462 e. The van der Waals surface area contributed by atoms with Crippen molar-refractivity contribution in [2.45, 2.75) is 177 Å². The summed E-state index contributed by atoms with van der Waals surface area (Å²) < 4.78 is 18.0. The third-order valence-electron chi connectivity index (χ3n) is 17.5. The predicted molar refractivity (Wildman–Crippen MR) is 219 cm³/mol. The number of nitrogens with one attached hydrogen (secondary N) is 1. The number of amides is 1. The Kier molecular flexibility index (Phi) is 11.6. The highest BCUT2D eigenvalue weighted by Gasteiger charge is 2.72. The van der Waals surface area contributed by atoms with Crippen LogP contribution in [0.1, 0.15) is 153 Å². The molecule has 0 spiro atoms. The molecule has 5 aliphatic carbocycles. The largest absolute Gasteiger partial charge is 0.462 e. The number of hydroxylamine groups is 1. The topological polar surface area (TPSA) is 90.9 Å². The molecular weight excluding hydrogens is 691 g/mol. The van der Waals surface area contributed by atoms with Gasteiger partial charge >= 0.3 is 11.9 Å². The van der Waals surface area contributed by atoms with E-state index in [0.717, 1.165) is 57.8 Å². The van der Waals surface area contributed by atoms with E-state index < -0.39 is 19.1 Å². The molecule has 1 N–H and O–H groups in total. The molecule has 54 heavy (non-hydrogen) atoms. The van der Waals surface area contributed by atoms with Crippen molar-refractivity contribution in [2.24, 2.45) is 62.1 Å². The van der Waals surface area contributed by atoms with Crippen LogP contribution in [0.2, 0.25) is 18.1 Å². The van der Waals surface area contributed by atoms with Gasteiger partial charge in [-0.25, -0.2) is 5.48 Å². The first-order valence-electron chi connectivity index (χ1n) is 21.3. The fourth-order valence-electron chi connectivity index (χ4n) is 13.4. The number of hydrogen-bond acceptors (Lipinski definition) is 6. The molecule has 5 fully saturated rings. The Bertz CT molecular complexity index is 1490. The second-order valence-electron chi connectivity index (χ2n) is 22.5. The molecule has 0 radical (unpaired) electrons. The molecule has 0 saturated heterocycles. The Labute approximate surface area is 330 Å². The number of allylic oxidation sites excluding steroid dienone is 1. The van der Waals surface area contributed by atoms with E-state index in [1.165, 1.54) is 12.0 Å². The summed E-state index contributed by atoms with van der Waals surface area (Å²) in [5.74, 6) is 1.67. The smallest absolute Gasteiger partial charge is 0.306 e. The maximum atomic E-state index is 14.6. The summed E-state index contributed by atoms with van der Waals surface area (Å²) in [5, 5.41) is 0.00907. The van der Waals surface area contributed by atoms with Crippen LogP contribution in [0.3, 0.4) is 0 Å². The zero-order chi connectivity index (χ0) is 40.5. The SMILES string of the molecule is C=CCOC(=O)CC(C)(C)CC(=O)O[C@H]1CC[C@@]2(C)C(CC[C@]3(C)C2CC[C@@H]2C4C(C(=C)C)CC[C@]4(C(=O)NO[Si](C)(C)C(C)(C)C)CC[C@]23C)C1(C)C. The average Bonchev–Trinajstić information content (AvgIpc) is 3.45. The van der Waals surface area contributed by atoms with Crippen molar-refractivity contribution in [1.82, 2.24) is 5.48 Å². The van der Waals surface area contributed by atoms with Gasteiger partial charge in [-0.3, -0.25) is 14.4 Å². The lowest BCUT2D eigenvalue weighted by Gasteiger charge is -2.72. The number of fused-ring (bicyclic) bond motifs is 7. The van der Waals surface area contributed by atoms with E-state index in [1.54, 1.807) is 6.08 Å². The molecule has 306 valence electrons. The minimum atomic E-state index is -2.17. The standard InChI is InChI=1S/C46H77NO6Si/c1-16-27-51-36(48)28-41(7,8)29-37(49)52-35-21-22-43(11)33(42(35,9)10)20-23-45(13)34(43)18-17-32-38-31(30(2)3)19-24-46(38,26-25-44(32,45)12)39(50)47-53-54(14,15)40(4,5)6/h16,31-35,38H,1-2,17-29H2,3-15H3,(H,47,50)/t31?,32-,33?,34?,35+,38?,43+,44-,45-,46+/m1/s1. The molecule has 4 unspecified atom stereocenters. The summed E-state index contributed by atoms with van der Waals surface area (Å²) in [5.41, 5.74) is 3.62. The zero-order valence-electron chi connectivity index (χ0n) is 36.6. The molecule has 0 aliphatic heterocycles. The highest BCUT2D eigenvalue weighted by atomic mass is 28.4. The summed E-state index contributed by atoms with van der Waals surface area (Å²) in [6.45, 7) is 37.9. The first-order valence-corrected chi connectivity index (χ1v) is 24.2. The van der Waals surface area contributed by atoms with Gasteiger partial charge < -0.3 is 14.0 Å². The molecule has 7 nitrogen and oxygen atoms in total. The second kappa shape index (κ2) is 14.5. The van der Waals surface area contributed by atoms with Crippen molar-refractivity contribution in [3.63, 3.8) is 0 Å². The van der Waals surface area contributed by atoms with Crippen LogP contribution in [0.4, 0.5) is 0 Å². The van der Waals surface area contributed by atoms with Crippen LogP contribution in [-0.4, -0.2) is 38.9 Å². The van der Waals surface area contributed by atoms with Gasteiger partial charge in [-0.2, -0.15) is 0 Å². The van der Waals surface area contributed by atoms with Gasteiger partial charge in [0.1, 0.15) is 12.7 Å². The molecule has 0 aromatic carbocycles. The Morgan fingerprint density at radius 1 is 0.815 bits per heavy atom. The van der Waals surface area contributed by atoms with E-state index in [4.69, 9.17) is 14.0 Å². The van der Waals surface area contributed by atoms with E-state index in [2.05, 4.69) is 94.0 Å². The molecule has 8 heteroatoms. The summed E-state index contributed by atoms with van der Waals surface area (Å²) in [6.07, 6.45) is 12.2. The molecule has 0 aromatic heterocycles. The highest BCUT2D eigenvalue weighted by molar-refractivity contribution is 6.74. The summed E-state index contributed by atoms with van der Waals surface area (Å²) in [6, 6.07) is 0. The maximum Gasteiger partial charge on any atom is 0.306 e. The van der Waals surface area contributed by atoms with Crippen molar-refractivity contribution in [1.29, 1.82) is 0 Å². The Morgan fingerprint density at radius 3 is 2.07 bits per heavy atom. The lowest BCUT2D eigenvalue weighted by atomic mass is 9.32. The van der Waals surface area contributed by atoms with Gasteiger partial charge in [-0.15, -0.1) is 0 Å². The molecule has 5 saturated carbocycles. The van der Waals surface area contributed by atoms with Crippen molar-refractivity contribution < 1.29 is 28.4 Å². The van der Waals surface area contributed by atoms with Crippen molar-refractivity contribution in [3.8, 4) is 0 Å². The molecule has 10 atom stereocenters. The van der Waals surface area contributed by atoms with Gasteiger partial charge in [0.15, 0.2) is 0 Å². The number of esters is 2. The summed E-state index contributed by atoms with van der Waals surface area (Å²) in [7, 11) is -2.17. The van der Waals surface area contributed by atoms with Crippen molar-refractivity contribution in [3.05, 3.63) is 24.8 Å². The number of ether oxygens (including phenoxy) is 2. The van der Waals surface area contributed by atoms with Crippen LogP contribution in [0.5, 0.6) is 0 Å². The van der Waals surface area contributed by atoms with Crippen LogP contribution < -0.4 is 5.48 Å². The van der Waals surface area contributed by atoms with E-state index in [1.807, 2.05) is 13.8 Å². The number of rotatable bonds is 11. The summed E-state index contributed by atoms with van der Waals surface area (Å²) >= 11 is 0. The summed E-state index contributed by atoms with van der Waals surface area (Å²) in [4.78, 5) is 40.4. The third-order valence-corrected chi connectivity index (χ3v) is 21.8. The Hall–Kier alpha value is -1.93. The minimum absolute atomic E-state index is 0.00907. The number of carbonyl (C=O) groups is 3. The van der Waals surface area contributed by atoms with Gasteiger partial charge in [-0.05, 0) is 141 Å². The molecule has 5 rings (SSSR count). The van der Waals surface area contributed by atoms with Crippen molar-refractivity contribution >= 4 is 26.2 Å². The van der Waals surface area contributed by atoms with Crippen LogP contribution >= 0.6 is 0 Å². The van der Waals surface area contributed by atoms with E-state index >= 15 is 0 Å². The highest BCUT2D eigenvalue weighted by Crippen LogP contribution is 2.77. The predicted octanol–water partition coefficient (Wildman–Crippen LogP) is 11.1. The fraction of sp³-hybridized carbons (Fsp3) is 0.848. The van der Waals surface area contributed by atoms with E-state index in [9.17, 15) is 14.4 Å². The first kappa shape index (κ1) is 43.2. The molecule has 0 aromatic rings. The Morgan fingerprint density at radius 2 is 1.46 bits per heavy atom. The monoisotopic (exact) mass is 768 g/mol. The molecule has 0 bridgehead atoms. The van der Waals surface area contributed by atoms with E-state index in [-0.39, 0.29) is 76.0 Å². The number of hydrogen-bond donors (Lipinski definition) is 1. The quantitative estimate of drug-likeness (QED) is 0.0974. The van der Waals surface area contributed by atoms with Gasteiger partial charge in [-0.1, -0.05) is 94.0 Å². The zero-order valence-corrected chi connectivity index (χ0v) is 37.6. The van der Waals surface area contributed by atoms with Crippen LogP contribution in [0.15, 0.2) is 24.8 Å². The molecule has 0 heterocycles. The van der Waals surface area contributed by atoms with Gasteiger partial charge in [0.25, 0.3) is 0 Å². The number of carbonyl (C=O) groups excluding carboxylic acids is 3. The lowest BCUT2D eigenvalue weighted by Crippen LogP contribution is -2.67. The van der Waals surface area contributed by atoms with E-state index in [0.29, 0.717) is 23.7 Å². The average molecular weight is 768 g/mol.